The standard InChI is InChI=1S/C16H19BrN4O/c1-12(13-5-3-2-4-6-13)20-7-9-21(10-8-20)14-11-18-19-16(22)15(14)17/h2-6,11-12H,7-10H2,1H3,(H,19,22). The molecule has 0 saturated carbocycles. The molecular formula is C16H19BrN4O. The van der Waals surface area contributed by atoms with Crippen LogP contribution in [0, 0.1) is 0 Å². The first-order valence-electron chi connectivity index (χ1n) is 7.44. The molecule has 1 N–H and O–H groups in total. The predicted octanol–water partition coefficient (Wildman–Crippen LogP) is 2.42. The van der Waals surface area contributed by atoms with Gasteiger partial charge in [-0.15, -0.1) is 0 Å². The average molecular weight is 363 g/mol. The van der Waals surface area contributed by atoms with Crippen LogP contribution in [0.5, 0.6) is 0 Å². The fourth-order valence-electron chi connectivity index (χ4n) is 2.89. The van der Waals surface area contributed by atoms with Crippen LogP contribution in [0.25, 0.3) is 0 Å². The first-order chi connectivity index (χ1) is 10.7. The van der Waals surface area contributed by atoms with E-state index in [-0.39, 0.29) is 5.56 Å². The van der Waals surface area contributed by atoms with E-state index in [1.54, 1.807) is 6.20 Å². The smallest absolute Gasteiger partial charge is 0.280 e. The van der Waals surface area contributed by atoms with Gasteiger partial charge in [0, 0.05) is 32.2 Å². The van der Waals surface area contributed by atoms with Gasteiger partial charge >= 0.3 is 0 Å². The maximum absolute atomic E-state index is 11.6. The van der Waals surface area contributed by atoms with Crippen molar-refractivity contribution in [1.82, 2.24) is 15.1 Å². The van der Waals surface area contributed by atoms with Crippen LogP contribution in [0.15, 0.2) is 45.8 Å². The Balaban J connectivity index is 1.68. The van der Waals surface area contributed by atoms with Gasteiger partial charge in [0.1, 0.15) is 4.47 Å². The Morgan fingerprint density at radius 2 is 1.86 bits per heavy atom. The van der Waals surface area contributed by atoms with E-state index in [4.69, 9.17) is 0 Å². The lowest BCUT2D eigenvalue weighted by molar-refractivity contribution is 0.198. The zero-order chi connectivity index (χ0) is 15.5. The second-order valence-electron chi connectivity index (χ2n) is 5.51. The minimum atomic E-state index is -0.183. The summed E-state index contributed by atoms with van der Waals surface area (Å²) in [6.45, 7) is 5.96. The van der Waals surface area contributed by atoms with E-state index in [0.29, 0.717) is 10.5 Å². The summed E-state index contributed by atoms with van der Waals surface area (Å²) < 4.78 is 0.562. The van der Waals surface area contributed by atoms with E-state index < -0.39 is 0 Å². The van der Waals surface area contributed by atoms with E-state index in [1.165, 1.54) is 5.56 Å². The minimum absolute atomic E-state index is 0.183. The van der Waals surface area contributed by atoms with E-state index >= 15 is 0 Å². The third kappa shape index (κ3) is 3.08. The molecule has 116 valence electrons. The van der Waals surface area contributed by atoms with Crippen LogP contribution in [0.1, 0.15) is 18.5 Å². The van der Waals surface area contributed by atoms with Gasteiger partial charge in [-0.05, 0) is 28.4 Å². The molecule has 1 aromatic carbocycles. The first kappa shape index (κ1) is 15.2. The number of hydrogen-bond donors (Lipinski definition) is 1. The Morgan fingerprint density at radius 1 is 1.18 bits per heavy atom. The SMILES string of the molecule is CC(c1ccccc1)N1CCN(c2cn[nH]c(=O)c2Br)CC1. The molecule has 6 heteroatoms. The van der Waals surface area contributed by atoms with Gasteiger partial charge in [-0.25, -0.2) is 5.10 Å². The minimum Gasteiger partial charge on any atom is -0.367 e. The molecule has 0 spiro atoms. The van der Waals surface area contributed by atoms with Gasteiger partial charge in [0.15, 0.2) is 0 Å². The topological polar surface area (TPSA) is 52.2 Å². The number of piperazine rings is 1. The van der Waals surface area contributed by atoms with Crippen molar-refractivity contribution >= 4 is 21.6 Å². The first-order valence-corrected chi connectivity index (χ1v) is 8.23. The lowest BCUT2D eigenvalue weighted by atomic mass is 10.1. The molecule has 1 unspecified atom stereocenters. The molecule has 1 aliphatic rings. The maximum atomic E-state index is 11.6. The summed E-state index contributed by atoms with van der Waals surface area (Å²) in [5.74, 6) is 0. The molecule has 0 radical (unpaired) electrons. The van der Waals surface area contributed by atoms with Crippen LogP contribution in [0.4, 0.5) is 5.69 Å². The van der Waals surface area contributed by atoms with Crippen LogP contribution in [0.3, 0.4) is 0 Å². The Hall–Kier alpha value is -1.66. The molecule has 1 saturated heterocycles. The second-order valence-corrected chi connectivity index (χ2v) is 6.30. The highest BCUT2D eigenvalue weighted by Gasteiger charge is 2.23. The fourth-order valence-corrected chi connectivity index (χ4v) is 3.33. The number of benzene rings is 1. The number of nitrogens with one attached hydrogen (secondary N) is 1. The van der Waals surface area contributed by atoms with Gasteiger partial charge < -0.3 is 4.90 Å². The monoisotopic (exact) mass is 362 g/mol. The molecule has 2 heterocycles. The Labute approximate surface area is 138 Å². The normalized spacial score (nSPS) is 17.5. The number of aromatic nitrogens is 2. The van der Waals surface area contributed by atoms with Crippen molar-refractivity contribution in [3.8, 4) is 0 Å². The van der Waals surface area contributed by atoms with Crippen LogP contribution in [-0.2, 0) is 0 Å². The van der Waals surface area contributed by atoms with Gasteiger partial charge in [-0.2, -0.15) is 5.10 Å². The Bertz CT molecular complexity index is 680. The van der Waals surface area contributed by atoms with Crippen LogP contribution in [0.2, 0.25) is 0 Å². The van der Waals surface area contributed by atoms with E-state index in [9.17, 15) is 4.79 Å². The van der Waals surface area contributed by atoms with Crippen LogP contribution < -0.4 is 10.5 Å². The van der Waals surface area contributed by atoms with E-state index in [1.807, 2.05) is 6.07 Å². The number of nitrogens with zero attached hydrogens (tertiary/aromatic N) is 3. The maximum Gasteiger partial charge on any atom is 0.280 e. The third-order valence-electron chi connectivity index (χ3n) is 4.26. The van der Waals surface area contributed by atoms with Crippen molar-refractivity contribution < 1.29 is 0 Å². The zero-order valence-electron chi connectivity index (χ0n) is 12.5. The lowest BCUT2D eigenvalue weighted by Crippen LogP contribution is -2.47. The molecule has 1 atom stereocenters. The van der Waals surface area contributed by atoms with Crippen molar-refractivity contribution in [2.24, 2.45) is 0 Å². The van der Waals surface area contributed by atoms with E-state index in [2.05, 4.69) is 67.1 Å². The van der Waals surface area contributed by atoms with Gasteiger partial charge in [-0.1, -0.05) is 30.3 Å². The number of H-pyrrole nitrogens is 1. The van der Waals surface area contributed by atoms with Crippen LogP contribution >= 0.6 is 15.9 Å². The van der Waals surface area contributed by atoms with Crippen molar-refractivity contribution in [2.75, 3.05) is 31.1 Å². The number of hydrogen-bond acceptors (Lipinski definition) is 4. The number of aromatic amines is 1. The number of anilines is 1. The average Bonchev–Trinajstić information content (AvgIpc) is 2.58. The highest BCUT2D eigenvalue weighted by atomic mass is 79.9. The summed E-state index contributed by atoms with van der Waals surface area (Å²) in [6.07, 6.45) is 1.71. The van der Waals surface area contributed by atoms with Gasteiger partial charge in [0.05, 0.1) is 11.9 Å². The largest absolute Gasteiger partial charge is 0.367 e. The van der Waals surface area contributed by atoms with Gasteiger partial charge in [0.25, 0.3) is 5.56 Å². The Morgan fingerprint density at radius 3 is 2.55 bits per heavy atom. The molecule has 3 rings (SSSR count). The summed E-state index contributed by atoms with van der Waals surface area (Å²) in [5, 5.41) is 6.34. The van der Waals surface area contributed by atoms with Gasteiger partial charge in [-0.3, -0.25) is 9.69 Å². The summed E-state index contributed by atoms with van der Waals surface area (Å²) >= 11 is 3.36. The molecule has 1 fully saturated rings. The molecule has 1 aliphatic heterocycles. The molecule has 0 bridgehead atoms. The summed E-state index contributed by atoms with van der Waals surface area (Å²) in [7, 11) is 0. The third-order valence-corrected chi connectivity index (χ3v) is 5.03. The molecule has 22 heavy (non-hydrogen) atoms. The highest BCUT2D eigenvalue weighted by molar-refractivity contribution is 9.10. The quantitative estimate of drug-likeness (QED) is 0.910. The highest BCUT2D eigenvalue weighted by Crippen LogP contribution is 2.25. The van der Waals surface area contributed by atoms with Crippen molar-refractivity contribution in [1.29, 1.82) is 0 Å². The predicted molar refractivity (Wildman–Crippen MR) is 91.2 cm³/mol. The van der Waals surface area contributed by atoms with Crippen LogP contribution in [-0.4, -0.2) is 41.3 Å². The summed E-state index contributed by atoms with van der Waals surface area (Å²) in [5.41, 5.74) is 2.03. The number of rotatable bonds is 3. The zero-order valence-corrected chi connectivity index (χ0v) is 14.1. The molecular weight excluding hydrogens is 344 g/mol. The van der Waals surface area contributed by atoms with Gasteiger partial charge in [0.2, 0.25) is 0 Å². The van der Waals surface area contributed by atoms with Crippen molar-refractivity contribution in [3.05, 3.63) is 56.9 Å². The molecule has 0 amide bonds. The second kappa shape index (κ2) is 6.62. The Kier molecular flexibility index (Phi) is 4.59. The lowest BCUT2D eigenvalue weighted by Gasteiger charge is -2.39. The van der Waals surface area contributed by atoms with E-state index in [0.717, 1.165) is 31.9 Å². The van der Waals surface area contributed by atoms with Crippen molar-refractivity contribution in [2.45, 2.75) is 13.0 Å². The summed E-state index contributed by atoms with van der Waals surface area (Å²) in [4.78, 5) is 16.3. The fraction of sp³-hybridized carbons (Fsp3) is 0.375. The molecule has 5 nitrogen and oxygen atoms in total. The molecule has 2 aromatic rings. The number of halogens is 1. The summed E-state index contributed by atoms with van der Waals surface area (Å²) in [6, 6.07) is 11.0. The van der Waals surface area contributed by atoms with Crippen molar-refractivity contribution in [3.63, 3.8) is 0 Å². The molecule has 1 aromatic heterocycles. The molecule has 0 aliphatic carbocycles.